The molecule has 0 amide bonds. The molecule has 2 unspecified atom stereocenters. The van der Waals surface area contributed by atoms with Crippen LogP contribution in [0, 0.1) is 13.8 Å². The van der Waals surface area contributed by atoms with Crippen molar-refractivity contribution in [3.63, 3.8) is 0 Å². The molecule has 0 aliphatic heterocycles. The number of ether oxygens (including phenoxy) is 1. The molecule has 2 atom stereocenters. The molecular weight excluding hydrogens is 248 g/mol. The van der Waals surface area contributed by atoms with Crippen LogP contribution >= 0.6 is 0 Å². The second kappa shape index (κ2) is 8.40. The SMILES string of the molecule is CCN(CC(NC)c1cc(C)ccc1C)C(C)COC. The van der Waals surface area contributed by atoms with E-state index in [1.54, 1.807) is 7.11 Å². The van der Waals surface area contributed by atoms with Gasteiger partial charge in [0, 0.05) is 25.7 Å². The zero-order valence-corrected chi connectivity index (χ0v) is 13.9. The van der Waals surface area contributed by atoms with Gasteiger partial charge in [-0.15, -0.1) is 0 Å². The molecule has 1 rings (SSSR count). The van der Waals surface area contributed by atoms with E-state index in [1.807, 2.05) is 7.05 Å². The first-order chi connectivity index (χ1) is 9.53. The summed E-state index contributed by atoms with van der Waals surface area (Å²) in [6.45, 7) is 11.6. The summed E-state index contributed by atoms with van der Waals surface area (Å²) in [6.07, 6.45) is 0. The summed E-state index contributed by atoms with van der Waals surface area (Å²) >= 11 is 0. The van der Waals surface area contributed by atoms with Gasteiger partial charge in [0.25, 0.3) is 0 Å². The molecule has 20 heavy (non-hydrogen) atoms. The molecule has 114 valence electrons. The highest BCUT2D eigenvalue weighted by molar-refractivity contribution is 5.33. The fourth-order valence-electron chi connectivity index (χ4n) is 2.68. The number of aryl methyl sites for hydroxylation is 2. The zero-order valence-electron chi connectivity index (χ0n) is 13.9. The summed E-state index contributed by atoms with van der Waals surface area (Å²) in [7, 11) is 3.81. The van der Waals surface area contributed by atoms with E-state index in [-0.39, 0.29) is 0 Å². The van der Waals surface area contributed by atoms with Gasteiger partial charge in [-0.25, -0.2) is 0 Å². The smallest absolute Gasteiger partial charge is 0.0615 e. The molecule has 1 aromatic carbocycles. The third-order valence-electron chi connectivity index (χ3n) is 4.01. The summed E-state index contributed by atoms with van der Waals surface area (Å²) in [5.41, 5.74) is 4.07. The Morgan fingerprint density at radius 3 is 2.55 bits per heavy atom. The van der Waals surface area contributed by atoms with Gasteiger partial charge in [-0.1, -0.05) is 30.7 Å². The van der Waals surface area contributed by atoms with Gasteiger partial charge in [0.05, 0.1) is 6.61 Å². The number of likely N-dealkylation sites (N-methyl/N-ethyl adjacent to an activating group) is 2. The summed E-state index contributed by atoms with van der Waals surface area (Å²) in [5, 5.41) is 3.47. The number of rotatable bonds is 8. The maximum atomic E-state index is 5.29. The van der Waals surface area contributed by atoms with Crippen molar-refractivity contribution in [1.82, 2.24) is 10.2 Å². The lowest BCUT2D eigenvalue weighted by Gasteiger charge is -2.32. The van der Waals surface area contributed by atoms with E-state index in [2.05, 4.69) is 56.1 Å². The van der Waals surface area contributed by atoms with Gasteiger partial charge in [-0.3, -0.25) is 4.90 Å². The van der Waals surface area contributed by atoms with Gasteiger partial charge in [0.1, 0.15) is 0 Å². The minimum Gasteiger partial charge on any atom is -0.383 e. The Balaban J connectivity index is 2.87. The van der Waals surface area contributed by atoms with E-state index in [0.29, 0.717) is 12.1 Å². The van der Waals surface area contributed by atoms with Crippen LogP contribution in [0.2, 0.25) is 0 Å². The molecule has 1 N–H and O–H groups in total. The lowest BCUT2D eigenvalue weighted by molar-refractivity contribution is 0.0962. The largest absolute Gasteiger partial charge is 0.383 e. The number of nitrogens with one attached hydrogen (secondary N) is 1. The molecule has 0 fully saturated rings. The van der Waals surface area contributed by atoms with Crippen molar-refractivity contribution >= 4 is 0 Å². The van der Waals surface area contributed by atoms with Crippen LogP contribution < -0.4 is 5.32 Å². The van der Waals surface area contributed by atoms with E-state index < -0.39 is 0 Å². The fourth-order valence-corrected chi connectivity index (χ4v) is 2.68. The first kappa shape index (κ1) is 17.2. The molecule has 0 aliphatic carbocycles. The van der Waals surface area contributed by atoms with Crippen molar-refractivity contribution in [1.29, 1.82) is 0 Å². The predicted octanol–water partition coefficient (Wildman–Crippen LogP) is 2.92. The van der Waals surface area contributed by atoms with Crippen LogP contribution in [-0.2, 0) is 4.74 Å². The highest BCUT2D eigenvalue weighted by atomic mass is 16.5. The Morgan fingerprint density at radius 2 is 2.00 bits per heavy atom. The summed E-state index contributed by atoms with van der Waals surface area (Å²) in [5.74, 6) is 0. The van der Waals surface area contributed by atoms with Crippen molar-refractivity contribution in [2.24, 2.45) is 0 Å². The number of benzene rings is 1. The lowest BCUT2D eigenvalue weighted by Crippen LogP contribution is -2.41. The normalized spacial score (nSPS) is 14.6. The standard InChI is InChI=1S/C17H30N2O/c1-7-19(15(4)12-20-6)11-17(18-5)16-10-13(2)8-9-14(16)3/h8-10,15,17-18H,7,11-12H2,1-6H3. The van der Waals surface area contributed by atoms with Crippen LogP contribution in [-0.4, -0.2) is 44.8 Å². The molecule has 0 aromatic heterocycles. The molecule has 0 bridgehead atoms. The third-order valence-corrected chi connectivity index (χ3v) is 4.01. The Hall–Kier alpha value is -0.900. The molecule has 3 nitrogen and oxygen atoms in total. The fraction of sp³-hybridized carbons (Fsp3) is 0.647. The van der Waals surface area contributed by atoms with Gasteiger partial charge in [-0.2, -0.15) is 0 Å². The first-order valence-electron chi connectivity index (χ1n) is 7.50. The average Bonchev–Trinajstić information content (AvgIpc) is 2.43. The molecular formula is C17H30N2O. The van der Waals surface area contributed by atoms with E-state index in [9.17, 15) is 0 Å². The number of methoxy groups -OCH3 is 1. The summed E-state index contributed by atoms with van der Waals surface area (Å²) < 4.78 is 5.29. The second-order valence-electron chi connectivity index (χ2n) is 5.59. The zero-order chi connectivity index (χ0) is 15.1. The minimum absolute atomic E-state index is 0.356. The van der Waals surface area contributed by atoms with Crippen molar-refractivity contribution in [3.8, 4) is 0 Å². The number of nitrogens with zero attached hydrogens (tertiary/aromatic N) is 1. The van der Waals surface area contributed by atoms with Crippen LogP contribution in [0.5, 0.6) is 0 Å². The molecule has 0 aliphatic rings. The molecule has 3 heteroatoms. The highest BCUT2D eigenvalue weighted by Crippen LogP contribution is 2.21. The Kier molecular flexibility index (Phi) is 7.20. The molecule has 0 spiro atoms. The van der Waals surface area contributed by atoms with Gasteiger partial charge in [-0.05, 0) is 45.5 Å². The van der Waals surface area contributed by atoms with E-state index in [4.69, 9.17) is 4.74 Å². The van der Waals surface area contributed by atoms with E-state index in [1.165, 1.54) is 16.7 Å². The molecule has 1 aromatic rings. The maximum absolute atomic E-state index is 5.29. The topological polar surface area (TPSA) is 24.5 Å². The van der Waals surface area contributed by atoms with Crippen molar-refractivity contribution < 1.29 is 4.74 Å². The lowest BCUT2D eigenvalue weighted by atomic mass is 9.98. The van der Waals surface area contributed by atoms with Crippen LogP contribution in [0.15, 0.2) is 18.2 Å². The summed E-state index contributed by atoms with van der Waals surface area (Å²) in [6, 6.07) is 7.48. The van der Waals surface area contributed by atoms with Gasteiger partial charge in [0.15, 0.2) is 0 Å². The monoisotopic (exact) mass is 278 g/mol. The van der Waals surface area contributed by atoms with Crippen molar-refractivity contribution in [3.05, 3.63) is 34.9 Å². The molecule has 0 heterocycles. The van der Waals surface area contributed by atoms with Crippen LogP contribution in [0.1, 0.15) is 36.6 Å². The molecule has 0 radical (unpaired) electrons. The maximum Gasteiger partial charge on any atom is 0.0615 e. The Morgan fingerprint density at radius 1 is 1.30 bits per heavy atom. The van der Waals surface area contributed by atoms with Crippen LogP contribution in [0.3, 0.4) is 0 Å². The van der Waals surface area contributed by atoms with Crippen molar-refractivity contribution in [2.75, 3.05) is 33.9 Å². The summed E-state index contributed by atoms with van der Waals surface area (Å²) in [4.78, 5) is 2.46. The predicted molar refractivity (Wildman–Crippen MR) is 86.3 cm³/mol. The van der Waals surface area contributed by atoms with Gasteiger partial charge in [0.2, 0.25) is 0 Å². The van der Waals surface area contributed by atoms with Crippen molar-refractivity contribution in [2.45, 2.75) is 39.8 Å². The van der Waals surface area contributed by atoms with E-state index in [0.717, 1.165) is 19.7 Å². The van der Waals surface area contributed by atoms with Crippen LogP contribution in [0.25, 0.3) is 0 Å². The minimum atomic E-state index is 0.356. The quantitative estimate of drug-likeness (QED) is 0.791. The van der Waals surface area contributed by atoms with Crippen LogP contribution in [0.4, 0.5) is 0 Å². The third kappa shape index (κ3) is 4.58. The Labute approximate surface area is 124 Å². The highest BCUT2D eigenvalue weighted by Gasteiger charge is 2.19. The first-order valence-corrected chi connectivity index (χ1v) is 7.50. The molecule has 0 saturated heterocycles. The number of hydrogen-bond donors (Lipinski definition) is 1. The molecule has 0 saturated carbocycles. The number of hydrogen-bond acceptors (Lipinski definition) is 3. The van der Waals surface area contributed by atoms with Gasteiger partial charge >= 0.3 is 0 Å². The van der Waals surface area contributed by atoms with Gasteiger partial charge < -0.3 is 10.1 Å². The average molecular weight is 278 g/mol. The second-order valence-corrected chi connectivity index (χ2v) is 5.59. The Bertz CT molecular complexity index is 406. The van der Waals surface area contributed by atoms with E-state index >= 15 is 0 Å².